The molecule has 0 saturated heterocycles. The zero-order valence-corrected chi connectivity index (χ0v) is 20.2. The summed E-state index contributed by atoms with van der Waals surface area (Å²) in [5, 5.41) is 10.1. The van der Waals surface area contributed by atoms with Gasteiger partial charge in [0.25, 0.3) is 0 Å². The van der Waals surface area contributed by atoms with Gasteiger partial charge in [0.05, 0.1) is 23.4 Å². The van der Waals surface area contributed by atoms with Crippen LogP contribution in [0.15, 0.2) is 71.8 Å². The fraction of sp³-hybridized carbons (Fsp3) is 0.308. The minimum Gasteiger partial charge on any atom is -0.504 e. The number of rotatable bonds is 10. The molecule has 0 radical (unpaired) electrons. The van der Waals surface area contributed by atoms with Gasteiger partial charge in [-0.1, -0.05) is 49.4 Å². The Hall–Kier alpha value is -2.25. The van der Waals surface area contributed by atoms with E-state index in [1.807, 2.05) is 42.5 Å². The Balaban J connectivity index is 1.61. The van der Waals surface area contributed by atoms with Gasteiger partial charge < -0.3 is 19.3 Å². The summed E-state index contributed by atoms with van der Waals surface area (Å²) in [6.45, 7) is 7.46. The van der Waals surface area contributed by atoms with E-state index in [0.29, 0.717) is 19.0 Å². The number of hydrogen-bond acceptors (Lipinski definition) is 4. The summed E-state index contributed by atoms with van der Waals surface area (Å²) in [6, 6.07) is 13.6. The first-order valence-electron chi connectivity index (χ1n) is 10.5. The number of benzene rings is 2. The van der Waals surface area contributed by atoms with E-state index >= 15 is 0 Å². The zero-order chi connectivity index (χ0) is 22.2. The molecule has 2 aromatic carbocycles. The van der Waals surface area contributed by atoms with E-state index in [0.717, 1.165) is 45.3 Å². The lowest BCUT2D eigenvalue weighted by Crippen LogP contribution is -2.14. The highest BCUT2D eigenvalue weighted by Gasteiger charge is 2.22. The van der Waals surface area contributed by atoms with Crippen LogP contribution in [0.2, 0.25) is 0 Å². The Morgan fingerprint density at radius 2 is 2.06 bits per heavy atom. The molecule has 0 fully saturated rings. The lowest BCUT2D eigenvalue weighted by molar-refractivity contribution is 0.116. The predicted octanol–water partition coefficient (Wildman–Crippen LogP) is 6.54. The first kappa shape index (κ1) is 23.4. The predicted molar refractivity (Wildman–Crippen MR) is 134 cm³/mol. The van der Waals surface area contributed by atoms with Crippen molar-refractivity contribution in [1.82, 2.24) is 0 Å². The molecule has 1 N–H and O–H groups in total. The monoisotopic (exact) mass is 532 g/mol. The number of para-hydroxylation sites is 1. The average Bonchev–Trinajstić information content (AvgIpc) is 3.26. The summed E-state index contributed by atoms with van der Waals surface area (Å²) in [7, 11) is 1.57. The summed E-state index contributed by atoms with van der Waals surface area (Å²) in [5.41, 5.74) is 4.46. The maximum Gasteiger partial charge on any atom is 0.171 e. The van der Waals surface area contributed by atoms with Gasteiger partial charge >= 0.3 is 0 Å². The second kappa shape index (κ2) is 11.4. The number of phenols is 1. The Kier molecular flexibility index (Phi) is 8.60. The number of allylic oxidation sites excluding steroid dienone is 1. The molecule has 5 heteroatoms. The minimum absolute atomic E-state index is 0.0383. The molecule has 1 heterocycles. The molecule has 1 unspecified atom stereocenters. The van der Waals surface area contributed by atoms with E-state index in [9.17, 15) is 5.11 Å². The van der Waals surface area contributed by atoms with Crippen molar-refractivity contribution in [3.8, 4) is 17.2 Å². The van der Waals surface area contributed by atoms with Gasteiger partial charge in [0.2, 0.25) is 0 Å². The number of phenolic OH excluding ortho intramolecular Hbond substituents is 1. The summed E-state index contributed by atoms with van der Waals surface area (Å²) in [4.78, 5) is 0. The van der Waals surface area contributed by atoms with Crippen LogP contribution in [0.1, 0.15) is 31.7 Å². The van der Waals surface area contributed by atoms with E-state index in [4.69, 9.17) is 14.2 Å². The van der Waals surface area contributed by atoms with Gasteiger partial charge in [-0.05, 0) is 82.8 Å². The molecule has 31 heavy (non-hydrogen) atoms. The molecule has 1 atom stereocenters. The number of methoxy groups -OCH3 is 1. The molecular weight excluding hydrogens is 503 g/mol. The van der Waals surface area contributed by atoms with Crippen molar-refractivity contribution in [3.63, 3.8) is 0 Å². The average molecular weight is 532 g/mol. The molecule has 0 aliphatic carbocycles. The van der Waals surface area contributed by atoms with Crippen LogP contribution in [0.5, 0.6) is 17.2 Å². The van der Waals surface area contributed by atoms with Crippen LogP contribution in [0, 0.1) is 3.57 Å². The van der Waals surface area contributed by atoms with Crippen molar-refractivity contribution in [2.75, 3.05) is 20.3 Å². The smallest absolute Gasteiger partial charge is 0.171 e. The maximum atomic E-state index is 10.1. The van der Waals surface area contributed by atoms with Crippen molar-refractivity contribution in [2.24, 2.45) is 0 Å². The molecule has 0 spiro atoms. The molecule has 0 bridgehead atoms. The summed E-state index contributed by atoms with van der Waals surface area (Å²) in [6.07, 6.45) is 7.09. The highest BCUT2D eigenvalue weighted by molar-refractivity contribution is 14.1. The van der Waals surface area contributed by atoms with E-state index in [1.54, 1.807) is 7.11 Å². The third kappa shape index (κ3) is 6.37. The van der Waals surface area contributed by atoms with Gasteiger partial charge in [0.15, 0.2) is 11.5 Å². The van der Waals surface area contributed by atoms with Gasteiger partial charge in [-0.2, -0.15) is 0 Å². The number of hydrogen-bond donors (Lipinski definition) is 1. The summed E-state index contributed by atoms with van der Waals surface area (Å²) in [5.74, 6) is 1.52. The molecule has 0 aromatic heterocycles. The van der Waals surface area contributed by atoms with Crippen LogP contribution in [-0.2, 0) is 4.74 Å². The number of aromatic hydroxyl groups is 1. The Bertz CT molecular complexity index is 963. The molecule has 0 saturated carbocycles. The molecular formula is C26H29IO4. The fourth-order valence-electron chi connectivity index (χ4n) is 3.59. The van der Waals surface area contributed by atoms with Crippen molar-refractivity contribution in [1.29, 1.82) is 0 Å². The lowest BCUT2D eigenvalue weighted by atomic mass is 9.96. The third-order valence-corrected chi connectivity index (χ3v) is 6.16. The Labute approximate surface area is 198 Å². The van der Waals surface area contributed by atoms with Gasteiger partial charge in [-0.25, -0.2) is 0 Å². The van der Waals surface area contributed by atoms with E-state index in [-0.39, 0.29) is 11.9 Å². The molecule has 1 aliphatic heterocycles. The van der Waals surface area contributed by atoms with Gasteiger partial charge in [0.1, 0.15) is 12.4 Å². The van der Waals surface area contributed by atoms with Crippen LogP contribution >= 0.6 is 22.6 Å². The number of ether oxygens (including phenoxy) is 3. The van der Waals surface area contributed by atoms with E-state index in [2.05, 4.69) is 48.2 Å². The molecule has 4 nitrogen and oxygen atoms in total. The second-order valence-corrected chi connectivity index (χ2v) is 8.60. The SMILES string of the molecule is C=C(COc1ccccc1)C1=CCOC1CC/C(=C/c1cc(I)c(O)c(OC)c1)CC. The molecule has 2 aromatic rings. The van der Waals surface area contributed by atoms with Crippen LogP contribution < -0.4 is 9.47 Å². The summed E-state index contributed by atoms with van der Waals surface area (Å²) >= 11 is 2.12. The van der Waals surface area contributed by atoms with Gasteiger partial charge in [0, 0.05) is 0 Å². The van der Waals surface area contributed by atoms with Gasteiger partial charge in [-0.3, -0.25) is 0 Å². The van der Waals surface area contributed by atoms with Crippen molar-refractivity contribution in [3.05, 3.63) is 81.0 Å². The van der Waals surface area contributed by atoms with E-state index < -0.39 is 0 Å². The highest BCUT2D eigenvalue weighted by atomic mass is 127. The minimum atomic E-state index is 0.0383. The van der Waals surface area contributed by atoms with E-state index in [1.165, 1.54) is 5.57 Å². The van der Waals surface area contributed by atoms with Crippen LogP contribution in [0.4, 0.5) is 0 Å². The first-order valence-corrected chi connectivity index (χ1v) is 11.5. The van der Waals surface area contributed by atoms with Crippen molar-refractivity contribution >= 4 is 28.7 Å². The molecule has 3 rings (SSSR count). The third-order valence-electron chi connectivity index (χ3n) is 5.34. The lowest BCUT2D eigenvalue weighted by Gasteiger charge is -2.18. The second-order valence-electron chi connectivity index (χ2n) is 7.44. The zero-order valence-electron chi connectivity index (χ0n) is 18.1. The highest BCUT2D eigenvalue weighted by Crippen LogP contribution is 2.34. The fourth-order valence-corrected chi connectivity index (χ4v) is 4.22. The standard InChI is InChI=1S/C26H29IO4/c1-4-19(14-20-15-23(27)26(28)25(16-20)29-3)10-11-24-22(12-13-30-24)18(2)17-31-21-8-6-5-7-9-21/h5-9,12,14-16,24,28H,2,4,10-11,13,17H2,1,3H3/b19-14+. The molecule has 0 amide bonds. The van der Waals surface area contributed by atoms with Gasteiger partial charge in [-0.15, -0.1) is 0 Å². The van der Waals surface area contributed by atoms with Crippen LogP contribution in [0.25, 0.3) is 6.08 Å². The molecule has 164 valence electrons. The Morgan fingerprint density at radius 1 is 1.29 bits per heavy atom. The largest absolute Gasteiger partial charge is 0.504 e. The summed E-state index contributed by atoms with van der Waals surface area (Å²) < 4.78 is 17.9. The quantitative estimate of drug-likeness (QED) is 0.353. The molecule has 1 aliphatic rings. The van der Waals surface area contributed by atoms with Crippen LogP contribution in [-0.4, -0.2) is 31.5 Å². The van der Waals surface area contributed by atoms with Crippen molar-refractivity contribution in [2.45, 2.75) is 32.3 Å². The topological polar surface area (TPSA) is 47.9 Å². The normalized spacial score (nSPS) is 16.2. The Morgan fingerprint density at radius 3 is 2.77 bits per heavy atom. The first-order chi connectivity index (χ1) is 15.0. The van der Waals surface area contributed by atoms with Crippen LogP contribution in [0.3, 0.4) is 0 Å². The maximum absolute atomic E-state index is 10.1. The number of halogens is 1. The van der Waals surface area contributed by atoms with Crippen molar-refractivity contribution < 1.29 is 19.3 Å².